The summed E-state index contributed by atoms with van der Waals surface area (Å²) in [6, 6.07) is 5.32. The predicted molar refractivity (Wildman–Crippen MR) is 84.2 cm³/mol. The van der Waals surface area contributed by atoms with Crippen LogP contribution < -0.4 is 5.32 Å². The largest absolute Gasteiger partial charge is 0.451 e. The summed E-state index contributed by atoms with van der Waals surface area (Å²) in [6.45, 7) is 1.88. The maximum Gasteiger partial charge on any atom is 0.451 e. The van der Waals surface area contributed by atoms with E-state index in [0.29, 0.717) is 5.69 Å². The van der Waals surface area contributed by atoms with Gasteiger partial charge in [0, 0.05) is 17.2 Å². The van der Waals surface area contributed by atoms with E-state index in [2.05, 4.69) is 31.4 Å². The number of aromatic nitrogens is 3. The summed E-state index contributed by atoms with van der Waals surface area (Å²) >= 11 is 4.24. The molecule has 23 heavy (non-hydrogen) atoms. The minimum absolute atomic E-state index is 0.0273. The number of halogens is 4. The van der Waals surface area contributed by atoms with E-state index >= 15 is 0 Å². The number of benzene rings is 1. The van der Waals surface area contributed by atoms with Crippen molar-refractivity contribution in [2.24, 2.45) is 7.05 Å². The van der Waals surface area contributed by atoms with Crippen LogP contribution in [-0.4, -0.2) is 26.4 Å². The van der Waals surface area contributed by atoms with Crippen LogP contribution in [0.4, 0.5) is 18.9 Å². The quantitative estimate of drug-likeness (QED) is 0.784. The van der Waals surface area contributed by atoms with Crippen molar-refractivity contribution in [3.63, 3.8) is 0 Å². The van der Waals surface area contributed by atoms with Crippen molar-refractivity contribution in [3.05, 3.63) is 34.1 Å². The number of aryl methyl sites for hydroxylation is 1. The van der Waals surface area contributed by atoms with E-state index in [9.17, 15) is 18.0 Å². The van der Waals surface area contributed by atoms with Crippen molar-refractivity contribution in [2.45, 2.75) is 18.3 Å². The number of anilines is 1. The highest BCUT2D eigenvalue weighted by molar-refractivity contribution is 9.10. The summed E-state index contributed by atoms with van der Waals surface area (Å²) in [4.78, 5) is 11.9. The van der Waals surface area contributed by atoms with Crippen molar-refractivity contribution in [1.29, 1.82) is 0 Å². The van der Waals surface area contributed by atoms with Crippen molar-refractivity contribution in [1.82, 2.24) is 14.8 Å². The van der Waals surface area contributed by atoms with Crippen molar-refractivity contribution < 1.29 is 18.0 Å². The highest BCUT2D eigenvalue weighted by Gasteiger charge is 2.37. The zero-order valence-electron chi connectivity index (χ0n) is 12.1. The first-order valence-electron chi connectivity index (χ1n) is 6.34. The van der Waals surface area contributed by atoms with Gasteiger partial charge in [0.15, 0.2) is 5.16 Å². The normalized spacial score (nSPS) is 11.6. The number of amides is 1. The summed E-state index contributed by atoms with van der Waals surface area (Å²) < 4.78 is 39.6. The monoisotopic (exact) mass is 408 g/mol. The van der Waals surface area contributed by atoms with Crippen LogP contribution >= 0.6 is 27.7 Å². The molecule has 0 unspecified atom stereocenters. The molecule has 1 aromatic heterocycles. The first-order valence-corrected chi connectivity index (χ1v) is 8.11. The zero-order chi connectivity index (χ0) is 17.2. The summed E-state index contributed by atoms with van der Waals surface area (Å²) in [5, 5.41) is 9.26. The van der Waals surface area contributed by atoms with Crippen LogP contribution in [0.3, 0.4) is 0 Å². The van der Waals surface area contributed by atoms with Crippen LogP contribution in [0, 0.1) is 6.92 Å². The molecule has 0 radical (unpaired) electrons. The van der Waals surface area contributed by atoms with E-state index < -0.39 is 12.0 Å². The van der Waals surface area contributed by atoms with E-state index in [1.807, 2.05) is 6.92 Å². The molecule has 1 heterocycles. The minimum Gasteiger partial charge on any atom is -0.325 e. The number of thioether (sulfide) groups is 1. The third-order valence-corrected chi connectivity index (χ3v) is 4.77. The first kappa shape index (κ1) is 17.8. The number of hydrogen-bond acceptors (Lipinski definition) is 4. The van der Waals surface area contributed by atoms with E-state index in [4.69, 9.17) is 0 Å². The Morgan fingerprint density at radius 2 is 2.09 bits per heavy atom. The van der Waals surface area contributed by atoms with Gasteiger partial charge in [0.1, 0.15) is 0 Å². The van der Waals surface area contributed by atoms with E-state index in [-0.39, 0.29) is 16.8 Å². The number of alkyl halides is 3. The Labute approximate surface area is 142 Å². The second-order valence-corrected chi connectivity index (χ2v) is 6.46. The molecular weight excluding hydrogens is 397 g/mol. The lowest BCUT2D eigenvalue weighted by atomic mass is 10.2. The van der Waals surface area contributed by atoms with Gasteiger partial charge in [-0.15, -0.1) is 10.2 Å². The average molecular weight is 409 g/mol. The molecule has 0 saturated heterocycles. The van der Waals surface area contributed by atoms with Gasteiger partial charge in [0.25, 0.3) is 0 Å². The Bertz CT molecular complexity index is 732. The van der Waals surface area contributed by atoms with Crippen molar-refractivity contribution in [3.8, 4) is 0 Å². The third-order valence-electron chi connectivity index (χ3n) is 2.86. The third kappa shape index (κ3) is 4.47. The van der Waals surface area contributed by atoms with Gasteiger partial charge < -0.3 is 9.88 Å². The highest BCUT2D eigenvalue weighted by atomic mass is 79.9. The second kappa shape index (κ2) is 6.91. The Balaban J connectivity index is 1.97. The first-order chi connectivity index (χ1) is 10.7. The van der Waals surface area contributed by atoms with Crippen LogP contribution in [0.25, 0.3) is 0 Å². The topological polar surface area (TPSA) is 59.8 Å². The van der Waals surface area contributed by atoms with E-state index in [1.165, 1.54) is 7.05 Å². The maximum atomic E-state index is 12.6. The number of hydrogen-bond donors (Lipinski definition) is 1. The van der Waals surface area contributed by atoms with Gasteiger partial charge in [0.2, 0.25) is 11.7 Å². The molecular formula is C13H12BrF3N4OS. The van der Waals surface area contributed by atoms with Crippen LogP contribution in [0.2, 0.25) is 0 Å². The van der Waals surface area contributed by atoms with Gasteiger partial charge in [0.05, 0.1) is 5.75 Å². The lowest BCUT2D eigenvalue weighted by molar-refractivity contribution is -0.147. The molecule has 0 aliphatic carbocycles. The fourth-order valence-corrected chi connectivity index (χ4v) is 2.69. The Morgan fingerprint density at radius 3 is 2.65 bits per heavy atom. The summed E-state index contributed by atoms with van der Waals surface area (Å²) in [5.41, 5.74) is 1.57. The number of nitrogens with one attached hydrogen (secondary N) is 1. The lowest BCUT2D eigenvalue weighted by Crippen LogP contribution is -2.15. The predicted octanol–water partition coefficient (Wildman–Crippen LogP) is 3.64. The molecule has 0 fully saturated rings. The highest BCUT2D eigenvalue weighted by Crippen LogP contribution is 2.29. The van der Waals surface area contributed by atoms with Crippen LogP contribution in [0.5, 0.6) is 0 Å². The number of carbonyl (C=O) groups excluding carboxylic acids is 1. The molecule has 124 valence electrons. The van der Waals surface area contributed by atoms with Crippen molar-refractivity contribution >= 4 is 39.3 Å². The number of nitrogens with zero attached hydrogens (tertiary/aromatic N) is 3. The molecule has 5 nitrogen and oxygen atoms in total. The van der Waals surface area contributed by atoms with Crippen LogP contribution in [0.15, 0.2) is 27.8 Å². The molecule has 0 aliphatic heterocycles. The summed E-state index contributed by atoms with van der Waals surface area (Å²) in [6.07, 6.45) is -4.57. The molecule has 0 saturated carbocycles. The summed E-state index contributed by atoms with van der Waals surface area (Å²) in [7, 11) is 1.21. The van der Waals surface area contributed by atoms with Gasteiger partial charge in [-0.1, -0.05) is 27.7 Å². The Kier molecular flexibility index (Phi) is 5.35. The molecule has 10 heteroatoms. The molecule has 2 aromatic rings. The maximum absolute atomic E-state index is 12.6. The molecule has 0 bridgehead atoms. The smallest absolute Gasteiger partial charge is 0.325 e. The zero-order valence-corrected chi connectivity index (χ0v) is 14.5. The molecule has 1 N–H and O–H groups in total. The fraction of sp³-hybridized carbons (Fsp3) is 0.308. The van der Waals surface area contributed by atoms with Gasteiger partial charge >= 0.3 is 6.18 Å². The van der Waals surface area contributed by atoms with E-state index in [0.717, 1.165) is 26.4 Å². The molecule has 0 atom stereocenters. The summed E-state index contributed by atoms with van der Waals surface area (Å²) in [5.74, 6) is -1.50. The Hall–Kier alpha value is -1.55. The molecule has 1 amide bonds. The fourth-order valence-electron chi connectivity index (χ4n) is 1.74. The molecule has 1 aromatic carbocycles. The number of carbonyl (C=O) groups is 1. The van der Waals surface area contributed by atoms with Crippen LogP contribution in [-0.2, 0) is 18.0 Å². The van der Waals surface area contributed by atoms with E-state index in [1.54, 1.807) is 18.2 Å². The molecule has 0 aliphatic rings. The van der Waals surface area contributed by atoms with Gasteiger partial charge in [-0.3, -0.25) is 4.79 Å². The second-order valence-electron chi connectivity index (χ2n) is 4.66. The Morgan fingerprint density at radius 1 is 1.39 bits per heavy atom. The average Bonchev–Trinajstić information content (AvgIpc) is 2.82. The van der Waals surface area contributed by atoms with Crippen LogP contribution in [0.1, 0.15) is 11.4 Å². The number of rotatable bonds is 4. The molecule has 0 spiro atoms. The lowest BCUT2D eigenvalue weighted by Gasteiger charge is -2.08. The van der Waals surface area contributed by atoms with Gasteiger partial charge in [-0.25, -0.2) is 0 Å². The molecule has 2 rings (SSSR count). The van der Waals surface area contributed by atoms with Crippen molar-refractivity contribution in [2.75, 3.05) is 11.1 Å². The standard InChI is InChI=1S/C13H12BrF3N4OS/c1-7-5-8(3-4-9(7)14)18-10(22)6-23-12-20-19-11(21(12)2)13(15,16)17/h3-5H,6H2,1-2H3,(H,18,22). The van der Waals surface area contributed by atoms with Gasteiger partial charge in [-0.2, -0.15) is 13.2 Å². The minimum atomic E-state index is -4.57. The van der Waals surface area contributed by atoms with Gasteiger partial charge in [-0.05, 0) is 30.7 Å². The SMILES string of the molecule is Cc1cc(NC(=O)CSc2nnc(C(F)(F)F)n2C)ccc1Br.